The number of carbonyl (C=O) groups is 1. The number of rotatable bonds is 7. The van der Waals surface area contributed by atoms with E-state index in [-0.39, 0.29) is 16.5 Å². The highest BCUT2D eigenvalue weighted by Gasteiger charge is 2.16. The Morgan fingerprint density at radius 3 is 2.56 bits per heavy atom. The molecule has 4 aromatic rings. The smallest absolute Gasteiger partial charge is 0.261 e. The van der Waals surface area contributed by atoms with Crippen LogP contribution in [0.15, 0.2) is 74.7 Å². The van der Waals surface area contributed by atoms with E-state index in [4.69, 9.17) is 4.74 Å². The van der Waals surface area contributed by atoms with Crippen LogP contribution in [0.4, 0.5) is 10.8 Å². The molecule has 0 fully saturated rings. The molecule has 32 heavy (non-hydrogen) atoms. The molecule has 0 spiro atoms. The van der Waals surface area contributed by atoms with Crippen LogP contribution >= 0.6 is 38.6 Å². The van der Waals surface area contributed by atoms with Crippen LogP contribution in [0.1, 0.15) is 10.4 Å². The Hall–Kier alpha value is -2.73. The van der Waals surface area contributed by atoms with E-state index in [0.29, 0.717) is 16.4 Å². The zero-order valence-electron chi connectivity index (χ0n) is 16.5. The van der Waals surface area contributed by atoms with E-state index in [1.165, 1.54) is 36.6 Å². The van der Waals surface area contributed by atoms with Gasteiger partial charge in [-0.25, -0.2) is 13.4 Å². The first-order chi connectivity index (χ1) is 15.3. The lowest BCUT2D eigenvalue weighted by molar-refractivity contribution is 0.102. The molecule has 2 aromatic heterocycles. The molecule has 4 rings (SSSR count). The molecule has 0 aliphatic carbocycles. The van der Waals surface area contributed by atoms with Gasteiger partial charge in [-0.1, -0.05) is 6.07 Å². The van der Waals surface area contributed by atoms with Crippen LogP contribution in [0, 0.1) is 0 Å². The average Bonchev–Trinajstić information content (AvgIpc) is 3.42. The second-order valence-corrected chi connectivity index (χ2v) is 11.5. The first kappa shape index (κ1) is 22.5. The first-order valence-electron chi connectivity index (χ1n) is 9.13. The normalized spacial score (nSPS) is 11.2. The number of sulfonamides is 1. The first-order valence-corrected chi connectivity index (χ1v) is 13.1. The molecule has 2 N–H and O–H groups in total. The predicted octanol–water partition coefficient (Wildman–Crippen LogP) is 5.70. The number of carbonyl (C=O) groups excluding carboxylic acids is 1. The molecule has 0 aliphatic rings. The van der Waals surface area contributed by atoms with Crippen LogP contribution in [-0.4, -0.2) is 26.4 Å². The fraction of sp³-hybridized carbons (Fsp3) is 0.0476. The molecule has 0 radical (unpaired) electrons. The lowest BCUT2D eigenvalue weighted by Gasteiger charge is -2.10. The van der Waals surface area contributed by atoms with Gasteiger partial charge in [0.15, 0.2) is 5.13 Å². The lowest BCUT2D eigenvalue weighted by Crippen LogP contribution is -2.15. The number of nitrogens with zero attached hydrogens (tertiary/aromatic N) is 1. The number of thiazole rings is 1. The third-order valence-electron chi connectivity index (χ3n) is 4.30. The van der Waals surface area contributed by atoms with E-state index in [1.54, 1.807) is 41.7 Å². The summed E-state index contributed by atoms with van der Waals surface area (Å²) in [5.74, 6) is 0.170. The second kappa shape index (κ2) is 9.41. The Morgan fingerprint density at radius 2 is 1.88 bits per heavy atom. The Labute approximate surface area is 201 Å². The summed E-state index contributed by atoms with van der Waals surface area (Å²) >= 11 is 6.30. The minimum absolute atomic E-state index is 0.0867. The monoisotopic (exact) mass is 549 g/mol. The van der Waals surface area contributed by atoms with Crippen molar-refractivity contribution in [2.24, 2.45) is 0 Å². The molecule has 164 valence electrons. The van der Waals surface area contributed by atoms with E-state index in [0.717, 1.165) is 14.4 Å². The number of nitrogens with one attached hydrogen (secondary N) is 2. The Balaban J connectivity index is 1.47. The number of thiophene rings is 1. The van der Waals surface area contributed by atoms with Gasteiger partial charge in [0, 0.05) is 16.6 Å². The molecule has 2 heterocycles. The lowest BCUT2D eigenvalue weighted by atomic mass is 10.2. The van der Waals surface area contributed by atoms with Gasteiger partial charge in [0.05, 0.1) is 26.4 Å². The molecular formula is C21H16BrN3O4S3. The van der Waals surface area contributed by atoms with Gasteiger partial charge in [-0.3, -0.25) is 14.8 Å². The van der Waals surface area contributed by atoms with Crippen molar-refractivity contribution in [1.82, 2.24) is 4.98 Å². The SMILES string of the molecule is COc1ccc(S(=O)(=O)Nc2cccc(C(=O)Nc3nc(-c4ccc(Br)s4)cs3)c2)cc1. The number of hydrogen-bond donors (Lipinski definition) is 2. The van der Waals surface area contributed by atoms with Gasteiger partial charge >= 0.3 is 0 Å². The van der Waals surface area contributed by atoms with Crippen LogP contribution in [-0.2, 0) is 10.0 Å². The third-order valence-corrected chi connectivity index (χ3v) is 8.10. The Morgan fingerprint density at radius 1 is 1.09 bits per heavy atom. The van der Waals surface area contributed by atoms with E-state index in [9.17, 15) is 13.2 Å². The molecule has 7 nitrogen and oxygen atoms in total. The fourth-order valence-electron chi connectivity index (χ4n) is 2.76. The topological polar surface area (TPSA) is 97.4 Å². The van der Waals surface area contributed by atoms with Gasteiger partial charge in [-0.2, -0.15) is 0 Å². The summed E-state index contributed by atoms with van der Waals surface area (Å²) < 4.78 is 33.8. The molecular weight excluding hydrogens is 534 g/mol. The minimum atomic E-state index is -3.82. The van der Waals surface area contributed by atoms with Crippen molar-refractivity contribution < 1.29 is 17.9 Å². The van der Waals surface area contributed by atoms with Gasteiger partial charge in [-0.15, -0.1) is 22.7 Å². The minimum Gasteiger partial charge on any atom is -0.497 e. The molecule has 1 amide bonds. The van der Waals surface area contributed by atoms with Crippen molar-refractivity contribution in [2.45, 2.75) is 4.90 Å². The molecule has 0 aliphatic heterocycles. The Bertz CT molecular complexity index is 1360. The Kier molecular flexibility index (Phi) is 6.60. The second-order valence-electron chi connectivity index (χ2n) is 6.46. The predicted molar refractivity (Wildman–Crippen MR) is 131 cm³/mol. The van der Waals surface area contributed by atoms with Crippen molar-refractivity contribution in [3.8, 4) is 16.3 Å². The number of hydrogen-bond acceptors (Lipinski definition) is 7. The number of methoxy groups -OCH3 is 1. The van der Waals surface area contributed by atoms with Crippen molar-refractivity contribution in [3.05, 3.63) is 75.4 Å². The standard InChI is InChI=1S/C21H16BrN3O4S3/c1-29-15-5-7-16(8-6-15)32(27,28)25-14-4-2-3-13(11-14)20(26)24-21-23-17(12-30-21)18-9-10-19(22)31-18/h2-12,25H,1H3,(H,23,24,26). The van der Waals surface area contributed by atoms with Crippen LogP contribution in [0.25, 0.3) is 10.6 Å². The highest BCUT2D eigenvalue weighted by atomic mass is 79.9. The highest BCUT2D eigenvalue weighted by Crippen LogP contribution is 2.33. The maximum absolute atomic E-state index is 12.7. The number of anilines is 2. The summed E-state index contributed by atoms with van der Waals surface area (Å²) in [7, 11) is -2.31. The van der Waals surface area contributed by atoms with Gasteiger partial charge < -0.3 is 4.74 Å². The van der Waals surface area contributed by atoms with E-state index < -0.39 is 10.0 Å². The zero-order chi connectivity index (χ0) is 22.7. The summed E-state index contributed by atoms with van der Waals surface area (Å²) in [5, 5.41) is 5.09. The molecule has 11 heteroatoms. The molecule has 2 aromatic carbocycles. The molecule has 0 bridgehead atoms. The van der Waals surface area contributed by atoms with E-state index >= 15 is 0 Å². The maximum Gasteiger partial charge on any atom is 0.261 e. The summed E-state index contributed by atoms with van der Waals surface area (Å²) in [4.78, 5) is 18.2. The third kappa shape index (κ3) is 5.18. The number of ether oxygens (including phenoxy) is 1. The van der Waals surface area contributed by atoms with Crippen LogP contribution in [0.2, 0.25) is 0 Å². The fourth-order valence-corrected chi connectivity index (χ4v) is 5.93. The van der Waals surface area contributed by atoms with Gasteiger partial charge in [0.25, 0.3) is 15.9 Å². The largest absolute Gasteiger partial charge is 0.497 e. The van der Waals surface area contributed by atoms with Gasteiger partial charge in [-0.05, 0) is 70.5 Å². The van der Waals surface area contributed by atoms with E-state index in [1.807, 2.05) is 17.5 Å². The van der Waals surface area contributed by atoms with Gasteiger partial charge in [0.1, 0.15) is 5.75 Å². The van der Waals surface area contributed by atoms with E-state index in [2.05, 4.69) is 31.0 Å². The number of amides is 1. The molecule has 0 atom stereocenters. The van der Waals surface area contributed by atoms with Crippen LogP contribution in [0.3, 0.4) is 0 Å². The highest BCUT2D eigenvalue weighted by molar-refractivity contribution is 9.11. The molecule has 0 unspecified atom stereocenters. The number of benzene rings is 2. The summed E-state index contributed by atoms with van der Waals surface area (Å²) in [5.41, 5.74) is 1.36. The molecule has 0 saturated carbocycles. The molecule has 0 saturated heterocycles. The van der Waals surface area contributed by atoms with Crippen molar-refractivity contribution in [1.29, 1.82) is 0 Å². The quantitative estimate of drug-likeness (QED) is 0.308. The summed E-state index contributed by atoms with van der Waals surface area (Å²) in [6.45, 7) is 0. The number of aromatic nitrogens is 1. The maximum atomic E-state index is 12.7. The van der Waals surface area contributed by atoms with Crippen molar-refractivity contribution in [2.75, 3.05) is 17.1 Å². The van der Waals surface area contributed by atoms with Crippen molar-refractivity contribution >= 4 is 65.4 Å². The summed E-state index contributed by atoms with van der Waals surface area (Å²) in [6, 6.07) is 16.2. The van der Waals surface area contributed by atoms with Crippen LogP contribution in [0.5, 0.6) is 5.75 Å². The van der Waals surface area contributed by atoms with Crippen LogP contribution < -0.4 is 14.8 Å². The average molecular weight is 550 g/mol. The summed E-state index contributed by atoms with van der Waals surface area (Å²) in [6.07, 6.45) is 0. The van der Waals surface area contributed by atoms with Crippen molar-refractivity contribution in [3.63, 3.8) is 0 Å². The number of halogens is 1. The van der Waals surface area contributed by atoms with Gasteiger partial charge in [0.2, 0.25) is 0 Å². The zero-order valence-corrected chi connectivity index (χ0v) is 20.6.